The first kappa shape index (κ1) is 12.3. The van der Waals surface area contributed by atoms with Gasteiger partial charge in [0.1, 0.15) is 5.82 Å². The molecule has 3 aromatic rings. The molecule has 0 amide bonds. The number of imidazole rings is 1. The van der Waals surface area contributed by atoms with Crippen molar-refractivity contribution in [1.29, 1.82) is 0 Å². The van der Waals surface area contributed by atoms with E-state index < -0.39 is 0 Å². The average Bonchev–Trinajstić information content (AvgIpc) is 2.76. The predicted octanol–water partition coefficient (Wildman–Crippen LogP) is 3.71. The summed E-state index contributed by atoms with van der Waals surface area (Å²) >= 11 is 3.50. The molecule has 0 aliphatic heterocycles. The number of fused-ring (bicyclic) bond motifs is 1. The Labute approximate surface area is 119 Å². The Morgan fingerprint density at radius 1 is 1.05 bits per heavy atom. The van der Waals surface area contributed by atoms with Crippen LogP contribution in [0.4, 0.5) is 0 Å². The van der Waals surface area contributed by atoms with Crippen LogP contribution in [0.3, 0.4) is 0 Å². The smallest absolute Gasteiger partial charge is 0.140 e. The molecule has 0 saturated heterocycles. The molecule has 1 N–H and O–H groups in total. The number of aryl methyl sites for hydroxylation is 3. The first-order chi connectivity index (χ1) is 9.04. The summed E-state index contributed by atoms with van der Waals surface area (Å²) in [7, 11) is 0. The van der Waals surface area contributed by atoms with Crippen molar-refractivity contribution in [1.82, 2.24) is 20.2 Å². The van der Waals surface area contributed by atoms with Crippen LogP contribution in [-0.2, 0) is 0 Å². The monoisotopic (exact) mass is 316 g/mol. The highest BCUT2D eigenvalue weighted by Gasteiger charge is 2.11. The van der Waals surface area contributed by atoms with E-state index in [0.717, 1.165) is 43.8 Å². The van der Waals surface area contributed by atoms with E-state index in [1.165, 1.54) is 0 Å². The van der Waals surface area contributed by atoms with Crippen molar-refractivity contribution in [2.75, 3.05) is 0 Å². The molecule has 0 aliphatic carbocycles. The number of nitrogens with one attached hydrogen (secondary N) is 1. The number of aromatic amines is 1. The molecule has 0 saturated carbocycles. The quantitative estimate of drug-likeness (QED) is 0.744. The molecule has 3 rings (SSSR count). The van der Waals surface area contributed by atoms with E-state index >= 15 is 0 Å². The summed E-state index contributed by atoms with van der Waals surface area (Å²) in [6.45, 7) is 5.93. The Morgan fingerprint density at radius 2 is 1.84 bits per heavy atom. The number of halogens is 1. The lowest BCUT2D eigenvalue weighted by atomic mass is 10.2. The highest BCUT2D eigenvalue weighted by molar-refractivity contribution is 9.10. The predicted molar refractivity (Wildman–Crippen MR) is 79.0 cm³/mol. The fraction of sp³-hybridized carbons (Fsp3) is 0.214. The topological polar surface area (TPSA) is 54.5 Å². The zero-order valence-corrected chi connectivity index (χ0v) is 12.5. The van der Waals surface area contributed by atoms with Gasteiger partial charge >= 0.3 is 0 Å². The molecule has 0 unspecified atom stereocenters. The lowest BCUT2D eigenvalue weighted by molar-refractivity contribution is 0.940. The molecule has 19 heavy (non-hydrogen) atoms. The Hall–Kier alpha value is -1.75. The molecular weight excluding hydrogens is 304 g/mol. The minimum Gasteiger partial charge on any atom is -0.338 e. The summed E-state index contributed by atoms with van der Waals surface area (Å²) in [5.74, 6) is 0.840. The van der Waals surface area contributed by atoms with E-state index in [-0.39, 0.29) is 0 Å². The van der Waals surface area contributed by atoms with E-state index in [1.807, 2.05) is 26.0 Å². The summed E-state index contributed by atoms with van der Waals surface area (Å²) in [4.78, 5) is 8.03. The van der Waals surface area contributed by atoms with Crippen molar-refractivity contribution in [2.45, 2.75) is 20.8 Å². The molecule has 2 heterocycles. The van der Waals surface area contributed by atoms with Gasteiger partial charge < -0.3 is 4.98 Å². The van der Waals surface area contributed by atoms with Gasteiger partial charge in [-0.2, -0.15) is 10.2 Å². The molecule has 5 heteroatoms. The van der Waals surface area contributed by atoms with Gasteiger partial charge in [0.05, 0.1) is 22.4 Å². The second-order valence-electron chi connectivity index (χ2n) is 4.69. The lowest BCUT2D eigenvalue weighted by Crippen LogP contribution is -1.94. The SMILES string of the molecule is Cc1cc(-c2nc3c(C)cc(Br)cc3[nH]2)c(C)nn1. The molecule has 0 fully saturated rings. The molecular formula is C14H13BrN4. The summed E-state index contributed by atoms with van der Waals surface area (Å²) in [5.41, 5.74) is 5.92. The largest absolute Gasteiger partial charge is 0.338 e. The highest BCUT2D eigenvalue weighted by Crippen LogP contribution is 2.27. The molecule has 0 spiro atoms. The van der Waals surface area contributed by atoms with E-state index in [2.05, 4.69) is 49.1 Å². The average molecular weight is 317 g/mol. The van der Waals surface area contributed by atoms with Gasteiger partial charge in [0.25, 0.3) is 0 Å². The maximum Gasteiger partial charge on any atom is 0.140 e. The number of H-pyrrole nitrogens is 1. The number of benzene rings is 1. The van der Waals surface area contributed by atoms with Crippen LogP contribution in [0.2, 0.25) is 0 Å². The molecule has 2 aromatic heterocycles. The zero-order chi connectivity index (χ0) is 13.6. The third-order valence-corrected chi connectivity index (χ3v) is 3.56. The number of nitrogens with zero attached hydrogens (tertiary/aromatic N) is 3. The van der Waals surface area contributed by atoms with Gasteiger partial charge in [0.15, 0.2) is 0 Å². The number of aromatic nitrogens is 4. The Balaban J connectivity index is 2.26. The Kier molecular flexibility index (Phi) is 2.86. The van der Waals surface area contributed by atoms with Crippen LogP contribution in [-0.4, -0.2) is 20.2 Å². The number of rotatable bonds is 1. The molecule has 0 bridgehead atoms. The van der Waals surface area contributed by atoms with Gasteiger partial charge in [-0.1, -0.05) is 15.9 Å². The van der Waals surface area contributed by atoms with E-state index in [0.29, 0.717) is 0 Å². The first-order valence-corrected chi connectivity index (χ1v) is 6.81. The molecule has 1 aromatic carbocycles. The van der Waals surface area contributed by atoms with Crippen LogP contribution in [0.5, 0.6) is 0 Å². The summed E-state index contributed by atoms with van der Waals surface area (Å²) in [6.07, 6.45) is 0. The fourth-order valence-electron chi connectivity index (χ4n) is 2.16. The molecule has 0 aliphatic rings. The van der Waals surface area contributed by atoms with Gasteiger partial charge in [-0.25, -0.2) is 4.98 Å². The minimum absolute atomic E-state index is 0.840. The first-order valence-electron chi connectivity index (χ1n) is 6.02. The number of hydrogen-bond acceptors (Lipinski definition) is 3. The van der Waals surface area contributed by atoms with E-state index in [9.17, 15) is 0 Å². The van der Waals surface area contributed by atoms with Crippen LogP contribution >= 0.6 is 15.9 Å². The summed E-state index contributed by atoms with van der Waals surface area (Å²) < 4.78 is 1.05. The second-order valence-corrected chi connectivity index (χ2v) is 5.60. The van der Waals surface area contributed by atoms with E-state index in [1.54, 1.807) is 0 Å². The lowest BCUT2D eigenvalue weighted by Gasteiger charge is -2.01. The van der Waals surface area contributed by atoms with Crippen molar-refractivity contribution < 1.29 is 0 Å². The Bertz CT molecular complexity index is 776. The van der Waals surface area contributed by atoms with Gasteiger partial charge in [-0.15, -0.1) is 0 Å². The van der Waals surface area contributed by atoms with Gasteiger partial charge in [-0.05, 0) is 44.5 Å². The second kappa shape index (κ2) is 4.42. The van der Waals surface area contributed by atoms with Crippen LogP contribution in [0.1, 0.15) is 17.0 Å². The number of hydrogen-bond donors (Lipinski definition) is 1. The van der Waals surface area contributed by atoms with Gasteiger partial charge in [-0.3, -0.25) is 0 Å². The van der Waals surface area contributed by atoms with Crippen molar-refractivity contribution in [3.8, 4) is 11.4 Å². The highest BCUT2D eigenvalue weighted by atomic mass is 79.9. The third kappa shape index (κ3) is 2.14. The van der Waals surface area contributed by atoms with Gasteiger partial charge in [0, 0.05) is 10.0 Å². The van der Waals surface area contributed by atoms with E-state index in [4.69, 9.17) is 0 Å². The Morgan fingerprint density at radius 3 is 2.63 bits per heavy atom. The van der Waals surface area contributed by atoms with Gasteiger partial charge in [0.2, 0.25) is 0 Å². The van der Waals surface area contributed by atoms with Crippen LogP contribution in [0, 0.1) is 20.8 Å². The van der Waals surface area contributed by atoms with Crippen molar-refractivity contribution >= 4 is 27.0 Å². The molecule has 4 nitrogen and oxygen atoms in total. The van der Waals surface area contributed by atoms with Crippen LogP contribution < -0.4 is 0 Å². The van der Waals surface area contributed by atoms with Crippen molar-refractivity contribution in [3.05, 3.63) is 39.6 Å². The molecule has 0 atom stereocenters. The maximum atomic E-state index is 4.68. The zero-order valence-electron chi connectivity index (χ0n) is 11.0. The standard InChI is InChI=1S/C14H13BrN4/c1-7-4-10(15)6-12-13(7)17-14(16-12)11-5-8(2)18-19-9(11)3/h4-6H,1-3H3,(H,16,17). The van der Waals surface area contributed by atoms with Crippen molar-refractivity contribution in [3.63, 3.8) is 0 Å². The van der Waals surface area contributed by atoms with Crippen LogP contribution in [0.15, 0.2) is 22.7 Å². The maximum absolute atomic E-state index is 4.68. The van der Waals surface area contributed by atoms with Crippen molar-refractivity contribution in [2.24, 2.45) is 0 Å². The third-order valence-electron chi connectivity index (χ3n) is 3.10. The molecule has 0 radical (unpaired) electrons. The van der Waals surface area contributed by atoms with Crippen LogP contribution in [0.25, 0.3) is 22.4 Å². The normalized spacial score (nSPS) is 11.2. The minimum atomic E-state index is 0.840. The summed E-state index contributed by atoms with van der Waals surface area (Å²) in [5, 5.41) is 8.20. The summed E-state index contributed by atoms with van der Waals surface area (Å²) in [6, 6.07) is 6.11. The fourth-order valence-corrected chi connectivity index (χ4v) is 2.74. The molecule has 96 valence electrons.